The SMILES string of the molecule is CO[C@@H]1CCN(c2cc(Br)ccn2)C[C@@H]1F. The molecule has 1 aromatic heterocycles. The van der Waals surface area contributed by atoms with Crippen LogP contribution in [-0.2, 0) is 4.74 Å². The second kappa shape index (κ2) is 5.10. The zero-order valence-electron chi connectivity index (χ0n) is 9.07. The number of rotatable bonds is 2. The largest absolute Gasteiger partial charge is 0.378 e. The van der Waals surface area contributed by atoms with Crippen molar-refractivity contribution in [2.45, 2.75) is 18.7 Å². The highest BCUT2D eigenvalue weighted by Crippen LogP contribution is 2.23. The van der Waals surface area contributed by atoms with Gasteiger partial charge in [-0.3, -0.25) is 0 Å². The number of methoxy groups -OCH3 is 1. The third kappa shape index (κ3) is 2.52. The van der Waals surface area contributed by atoms with Gasteiger partial charge in [-0.05, 0) is 18.6 Å². The minimum atomic E-state index is -0.945. The monoisotopic (exact) mass is 288 g/mol. The van der Waals surface area contributed by atoms with Gasteiger partial charge < -0.3 is 9.64 Å². The topological polar surface area (TPSA) is 25.4 Å². The molecule has 1 saturated heterocycles. The predicted molar refractivity (Wildman–Crippen MR) is 64.5 cm³/mol. The molecule has 1 fully saturated rings. The van der Waals surface area contributed by atoms with Crippen LogP contribution >= 0.6 is 15.9 Å². The van der Waals surface area contributed by atoms with Crippen molar-refractivity contribution >= 4 is 21.7 Å². The average Bonchev–Trinajstić information content (AvgIpc) is 2.29. The van der Waals surface area contributed by atoms with E-state index in [1.54, 1.807) is 13.3 Å². The number of nitrogens with zero attached hydrogens (tertiary/aromatic N) is 2. The highest BCUT2D eigenvalue weighted by Gasteiger charge is 2.29. The van der Waals surface area contributed by atoms with Crippen molar-refractivity contribution in [1.82, 2.24) is 4.98 Å². The number of anilines is 1. The van der Waals surface area contributed by atoms with Crippen LogP contribution in [0.25, 0.3) is 0 Å². The molecular weight excluding hydrogens is 275 g/mol. The summed E-state index contributed by atoms with van der Waals surface area (Å²) in [4.78, 5) is 6.19. The summed E-state index contributed by atoms with van der Waals surface area (Å²) in [7, 11) is 1.56. The van der Waals surface area contributed by atoms with E-state index in [0.29, 0.717) is 13.0 Å². The van der Waals surface area contributed by atoms with Crippen LogP contribution in [0.2, 0.25) is 0 Å². The molecule has 0 aliphatic carbocycles. The highest BCUT2D eigenvalue weighted by atomic mass is 79.9. The summed E-state index contributed by atoms with van der Waals surface area (Å²) in [6.07, 6.45) is 1.20. The fourth-order valence-electron chi connectivity index (χ4n) is 1.92. The molecule has 0 N–H and O–H groups in total. The second-order valence-corrected chi connectivity index (χ2v) is 4.77. The van der Waals surface area contributed by atoms with E-state index in [1.165, 1.54) is 0 Å². The zero-order chi connectivity index (χ0) is 11.5. The van der Waals surface area contributed by atoms with Crippen molar-refractivity contribution in [2.24, 2.45) is 0 Å². The number of hydrogen-bond donors (Lipinski definition) is 0. The first-order valence-electron chi connectivity index (χ1n) is 5.24. The third-order valence-corrected chi connectivity index (χ3v) is 3.31. The fourth-order valence-corrected chi connectivity index (χ4v) is 2.25. The number of halogens is 2. The summed E-state index contributed by atoms with van der Waals surface area (Å²) in [6, 6.07) is 3.76. The molecule has 3 nitrogen and oxygen atoms in total. The van der Waals surface area contributed by atoms with E-state index in [9.17, 15) is 4.39 Å². The van der Waals surface area contributed by atoms with Crippen molar-refractivity contribution < 1.29 is 9.13 Å². The Kier molecular flexibility index (Phi) is 3.76. The summed E-state index contributed by atoms with van der Waals surface area (Å²) >= 11 is 3.38. The normalized spacial score (nSPS) is 25.8. The molecule has 0 bridgehead atoms. The van der Waals surface area contributed by atoms with Gasteiger partial charge in [0.05, 0.1) is 12.6 Å². The standard InChI is InChI=1S/C11H14BrFN2O/c1-16-10-3-5-15(7-9(10)13)11-6-8(12)2-4-14-11/h2,4,6,9-10H,3,5,7H2,1H3/t9-,10+/m0/s1. The van der Waals surface area contributed by atoms with Crippen molar-refractivity contribution in [3.63, 3.8) is 0 Å². The maximum absolute atomic E-state index is 13.7. The lowest BCUT2D eigenvalue weighted by atomic mass is 10.1. The van der Waals surface area contributed by atoms with Crippen molar-refractivity contribution in [2.75, 3.05) is 25.1 Å². The van der Waals surface area contributed by atoms with Gasteiger partial charge in [-0.2, -0.15) is 0 Å². The van der Waals surface area contributed by atoms with E-state index < -0.39 is 6.17 Å². The Morgan fingerprint density at radius 1 is 1.62 bits per heavy atom. The van der Waals surface area contributed by atoms with E-state index in [2.05, 4.69) is 20.9 Å². The first-order valence-corrected chi connectivity index (χ1v) is 6.03. The highest BCUT2D eigenvalue weighted by molar-refractivity contribution is 9.10. The minimum Gasteiger partial charge on any atom is -0.378 e. The Hall–Kier alpha value is -0.680. The van der Waals surface area contributed by atoms with Crippen LogP contribution in [0.5, 0.6) is 0 Å². The number of aromatic nitrogens is 1. The molecule has 0 saturated carbocycles. The van der Waals surface area contributed by atoms with Crippen LogP contribution in [0, 0.1) is 0 Å². The Morgan fingerprint density at radius 2 is 2.44 bits per heavy atom. The number of pyridine rings is 1. The average molecular weight is 289 g/mol. The predicted octanol–water partition coefficient (Wildman–Crippen LogP) is 2.41. The summed E-state index contributed by atoms with van der Waals surface area (Å²) in [6.45, 7) is 1.13. The van der Waals surface area contributed by atoms with Gasteiger partial charge in [0.15, 0.2) is 0 Å². The summed E-state index contributed by atoms with van der Waals surface area (Å²) in [5, 5.41) is 0. The van der Waals surface area contributed by atoms with Gasteiger partial charge in [0.1, 0.15) is 12.0 Å². The maximum Gasteiger partial charge on any atom is 0.144 e. The van der Waals surface area contributed by atoms with Crippen LogP contribution in [0.4, 0.5) is 10.2 Å². The Labute approximate surface area is 103 Å². The van der Waals surface area contributed by atoms with Crippen LogP contribution in [0.15, 0.2) is 22.8 Å². The zero-order valence-corrected chi connectivity index (χ0v) is 10.7. The molecule has 1 aliphatic rings. The van der Waals surface area contributed by atoms with Crippen LogP contribution in [0.1, 0.15) is 6.42 Å². The van der Waals surface area contributed by atoms with Gasteiger partial charge in [-0.25, -0.2) is 9.37 Å². The smallest absolute Gasteiger partial charge is 0.144 e. The van der Waals surface area contributed by atoms with Crippen LogP contribution in [-0.4, -0.2) is 37.5 Å². The fraction of sp³-hybridized carbons (Fsp3) is 0.545. The lowest BCUT2D eigenvalue weighted by Crippen LogP contribution is -2.45. The van der Waals surface area contributed by atoms with E-state index in [-0.39, 0.29) is 6.10 Å². The number of piperidine rings is 1. The van der Waals surface area contributed by atoms with Gasteiger partial charge in [0.25, 0.3) is 0 Å². The number of ether oxygens (including phenoxy) is 1. The molecule has 1 aromatic rings. The first kappa shape index (κ1) is 11.8. The molecule has 0 radical (unpaired) electrons. The summed E-state index contributed by atoms with van der Waals surface area (Å²) < 4.78 is 19.7. The molecule has 88 valence electrons. The molecule has 2 atom stereocenters. The van der Waals surface area contributed by atoms with Gasteiger partial charge in [0.2, 0.25) is 0 Å². The van der Waals surface area contributed by atoms with Crippen molar-refractivity contribution in [3.05, 3.63) is 22.8 Å². The Bertz CT molecular complexity index is 364. The molecule has 2 heterocycles. The van der Waals surface area contributed by atoms with E-state index >= 15 is 0 Å². The Balaban J connectivity index is 2.07. The first-order chi connectivity index (χ1) is 7.70. The van der Waals surface area contributed by atoms with Crippen LogP contribution in [0.3, 0.4) is 0 Å². The van der Waals surface area contributed by atoms with Crippen molar-refractivity contribution in [3.8, 4) is 0 Å². The number of alkyl halides is 1. The van der Waals surface area contributed by atoms with E-state index in [1.807, 2.05) is 17.0 Å². The molecule has 16 heavy (non-hydrogen) atoms. The molecular formula is C11H14BrFN2O. The van der Waals surface area contributed by atoms with Gasteiger partial charge in [-0.1, -0.05) is 15.9 Å². The van der Waals surface area contributed by atoms with E-state index in [0.717, 1.165) is 16.8 Å². The third-order valence-electron chi connectivity index (χ3n) is 2.82. The van der Waals surface area contributed by atoms with Gasteiger partial charge in [-0.15, -0.1) is 0 Å². The minimum absolute atomic E-state index is 0.275. The molecule has 0 amide bonds. The van der Waals surface area contributed by atoms with Gasteiger partial charge in [0, 0.05) is 24.3 Å². The van der Waals surface area contributed by atoms with Gasteiger partial charge >= 0.3 is 0 Å². The maximum atomic E-state index is 13.7. The molecule has 0 spiro atoms. The van der Waals surface area contributed by atoms with Crippen LogP contribution < -0.4 is 4.90 Å². The molecule has 2 rings (SSSR count). The second-order valence-electron chi connectivity index (χ2n) is 3.86. The lowest BCUT2D eigenvalue weighted by Gasteiger charge is -2.34. The molecule has 0 aromatic carbocycles. The molecule has 0 unspecified atom stereocenters. The lowest BCUT2D eigenvalue weighted by molar-refractivity contribution is 0.0195. The Morgan fingerprint density at radius 3 is 3.06 bits per heavy atom. The molecule has 5 heteroatoms. The van der Waals surface area contributed by atoms with Crippen molar-refractivity contribution in [1.29, 1.82) is 0 Å². The van der Waals surface area contributed by atoms with E-state index in [4.69, 9.17) is 4.74 Å². The summed E-state index contributed by atoms with van der Waals surface area (Å²) in [5.41, 5.74) is 0. The molecule has 1 aliphatic heterocycles. The quantitative estimate of drug-likeness (QED) is 0.836. The summed E-state index contributed by atoms with van der Waals surface area (Å²) in [5.74, 6) is 0.812. The number of hydrogen-bond acceptors (Lipinski definition) is 3.